The third-order valence-corrected chi connectivity index (χ3v) is 2.46. The summed E-state index contributed by atoms with van der Waals surface area (Å²) in [5.74, 6) is 0.517. The minimum absolute atomic E-state index is 0.517. The van der Waals surface area contributed by atoms with Crippen LogP contribution < -0.4 is 10.3 Å². The predicted octanol–water partition coefficient (Wildman–Crippen LogP) is 2.14. The molecule has 0 amide bonds. The summed E-state index contributed by atoms with van der Waals surface area (Å²) in [7, 11) is -1.93. The van der Waals surface area contributed by atoms with Crippen LogP contribution in [0.1, 0.15) is 6.92 Å². The third kappa shape index (κ3) is 2.28. The van der Waals surface area contributed by atoms with Gasteiger partial charge in [-0.3, -0.25) is 4.57 Å². The van der Waals surface area contributed by atoms with Crippen molar-refractivity contribution in [2.24, 2.45) is 0 Å². The quantitative estimate of drug-likeness (QED) is 0.579. The summed E-state index contributed by atoms with van der Waals surface area (Å²) in [5, 5.41) is 0. The van der Waals surface area contributed by atoms with Crippen molar-refractivity contribution in [3.8, 4) is 5.75 Å². The van der Waals surface area contributed by atoms with Gasteiger partial charge in [-0.2, -0.15) is 0 Å². The number of benzene rings is 1. The van der Waals surface area contributed by atoms with E-state index in [1.165, 1.54) is 0 Å². The molecule has 0 saturated heterocycles. The maximum Gasteiger partial charge on any atom is 0.236 e. The number of hydrogen-bond acceptors (Lipinski definition) is 3. The Balaban J connectivity index is 2.75. The minimum Gasteiger partial charge on any atom is -0.443 e. The van der Waals surface area contributed by atoms with Gasteiger partial charge in [-0.05, 0) is 12.1 Å². The Morgan fingerprint density at radius 2 is 2.17 bits per heavy atom. The fraction of sp³-hybridized carbons (Fsp3) is 0.250. The molecule has 1 unspecified atom stereocenters. The number of anilines is 1. The molecule has 0 saturated carbocycles. The van der Waals surface area contributed by atoms with E-state index < -0.39 is 8.03 Å². The fourth-order valence-corrected chi connectivity index (χ4v) is 1.34. The second-order valence-electron chi connectivity index (χ2n) is 2.37. The Bertz CT molecular complexity index is 288. The summed E-state index contributed by atoms with van der Waals surface area (Å²) in [6.45, 7) is 1.82. The number of nitrogen functional groups attached to an aromatic ring is 1. The molecule has 1 aromatic rings. The zero-order valence-corrected chi connectivity index (χ0v) is 7.91. The molecule has 0 aliphatic carbocycles. The number of hydrogen-bond donors (Lipinski definition) is 1. The molecule has 2 N–H and O–H groups in total. The van der Waals surface area contributed by atoms with Crippen LogP contribution in [0.25, 0.3) is 0 Å². The van der Waals surface area contributed by atoms with Crippen molar-refractivity contribution in [2.45, 2.75) is 6.92 Å². The third-order valence-electron chi connectivity index (χ3n) is 1.43. The van der Waals surface area contributed by atoms with Gasteiger partial charge in [0, 0.05) is 6.16 Å². The summed E-state index contributed by atoms with van der Waals surface area (Å²) >= 11 is 0. The topological polar surface area (TPSA) is 52.3 Å². The van der Waals surface area contributed by atoms with Gasteiger partial charge in [0.05, 0.1) is 5.69 Å². The Morgan fingerprint density at radius 3 is 2.75 bits per heavy atom. The molecular weight excluding hydrogens is 173 g/mol. The highest BCUT2D eigenvalue weighted by Gasteiger charge is 2.01. The summed E-state index contributed by atoms with van der Waals surface area (Å²) < 4.78 is 16.2. The molecule has 0 aliphatic rings. The lowest BCUT2D eigenvalue weighted by Gasteiger charge is -2.05. The molecule has 3 nitrogen and oxygen atoms in total. The normalized spacial score (nSPS) is 12.4. The monoisotopic (exact) mass is 185 g/mol. The number of rotatable bonds is 3. The molecule has 1 aromatic carbocycles. The lowest BCUT2D eigenvalue weighted by molar-refractivity contribution is 0.507. The van der Waals surface area contributed by atoms with Crippen LogP contribution >= 0.6 is 8.03 Å². The summed E-state index contributed by atoms with van der Waals surface area (Å²) in [5.41, 5.74) is 6.11. The van der Waals surface area contributed by atoms with E-state index in [1.807, 2.05) is 13.0 Å². The fourth-order valence-electron chi connectivity index (χ4n) is 0.768. The van der Waals surface area contributed by atoms with E-state index in [-0.39, 0.29) is 0 Å². The van der Waals surface area contributed by atoms with Crippen LogP contribution in [0.3, 0.4) is 0 Å². The zero-order valence-electron chi connectivity index (χ0n) is 6.91. The van der Waals surface area contributed by atoms with Crippen LogP contribution in [0.5, 0.6) is 5.75 Å². The summed E-state index contributed by atoms with van der Waals surface area (Å²) in [6, 6.07) is 7.05. The maximum atomic E-state index is 11.0. The van der Waals surface area contributed by atoms with E-state index in [0.717, 1.165) is 0 Å². The molecule has 12 heavy (non-hydrogen) atoms. The van der Waals surface area contributed by atoms with Gasteiger partial charge < -0.3 is 10.3 Å². The first-order chi connectivity index (χ1) is 5.74. The highest BCUT2D eigenvalue weighted by molar-refractivity contribution is 7.39. The van der Waals surface area contributed by atoms with E-state index >= 15 is 0 Å². The second kappa shape index (κ2) is 4.17. The van der Waals surface area contributed by atoms with Crippen molar-refractivity contribution in [1.29, 1.82) is 0 Å². The van der Waals surface area contributed by atoms with Gasteiger partial charge in [0.25, 0.3) is 0 Å². The second-order valence-corrected chi connectivity index (χ2v) is 4.02. The standard InChI is InChI=1S/C8H12NO2P/c1-2-12(10)11-8-6-4-3-5-7(8)9/h3-6,12H,2,9H2,1H3. The van der Waals surface area contributed by atoms with Crippen molar-refractivity contribution in [1.82, 2.24) is 0 Å². The number of para-hydroxylation sites is 2. The molecule has 0 heterocycles. The molecule has 1 atom stereocenters. The molecule has 66 valence electrons. The van der Waals surface area contributed by atoms with E-state index in [4.69, 9.17) is 10.3 Å². The lowest BCUT2D eigenvalue weighted by atomic mass is 10.3. The Kier molecular flexibility index (Phi) is 3.18. The highest BCUT2D eigenvalue weighted by Crippen LogP contribution is 2.30. The van der Waals surface area contributed by atoms with E-state index in [0.29, 0.717) is 17.6 Å². The van der Waals surface area contributed by atoms with E-state index in [1.54, 1.807) is 18.2 Å². The largest absolute Gasteiger partial charge is 0.443 e. The van der Waals surface area contributed by atoms with Crippen LogP contribution in [-0.4, -0.2) is 6.16 Å². The first-order valence-corrected chi connectivity index (χ1v) is 5.31. The number of nitrogens with two attached hydrogens (primary N) is 1. The lowest BCUT2D eigenvalue weighted by Crippen LogP contribution is -1.90. The molecular formula is C8H12NO2P. The summed E-state index contributed by atoms with van der Waals surface area (Å²) in [4.78, 5) is 0. The van der Waals surface area contributed by atoms with Crippen LogP contribution in [0.2, 0.25) is 0 Å². The van der Waals surface area contributed by atoms with Gasteiger partial charge in [-0.1, -0.05) is 19.1 Å². The van der Waals surface area contributed by atoms with Crippen molar-refractivity contribution in [3.63, 3.8) is 0 Å². The van der Waals surface area contributed by atoms with Crippen LogP contribution in [0, 0.1) is 0 Å². The SMILES string of the molecule is CC[PH](=O)Oc1ccccc1N. The van der Waals surface area contributed by atoms with Gasteiger partial charge in [-0.25, -0.2) is 0 Å². The highest BCUT2D eigenvalue weighted by atomic mass is 31.1. The minimum atomic E-state index is -1.93. The van der Waals surface area contributed by atoms with Crippen molar-refractivity contribution < 1.29 is 9.09 Å². The van der Waals surface area contributed by atoms with E-state index in [2.05, 4.69) is 0 Å². The first kappa shape index (κ1) is 9.14. The predicted molar refractivity (Wildman–Crippen MR) is 51.0 cm³/mol. The van der Waals surface area contributed by atoms with Crippen molar-refractivity contribution >= 4 is 13.7 Å². The summed E-state index contributed by atoms with van der Waals surface area (Å²) in [6.07, 6.45) is 0.541. The van der Waals surface area contributed by atoms with Gasteiger partial charge in [0.1, 0.15) is 5.75 Å². The van der Waals surface area contributed by atoms with Crippen LogP contribution in [0.4, 0.5) is 5.69 Å². The maximum absolute atomic E-state index is 11.0. The molecule has 0 aromatic heterocycles. The molecule has 0 spiro atoms. The Morgan fingerprint density at radius 1 is 1.50 bits per heavy atom. The molecule has 0 radical (unpaired) electrons. The molecule has 0 bridgehead atoms. The van der Waals surface area contributed by atoms with E-state index in [9.17, 15) is 4.57 Å². The Hall–Kier alpha value is -0.950. The molecule has 0 aliphatic heterocycles. The van der Waals surface area contributed by atoms with Gasteiger partial charge in [0.15, 0.2) is 0 Å². The van der Waals surface area contributed by atoms with Gasteiger partial charge in [0.2, 0.25) is 8.03 Å². The van der Waals surface area contributed by atoms with Gasteiger partial charge in [-0.15, -0.1) is 0 Å². The van der Waals surface area contributed by atoms with Gasteiger partial charge >= 0.3 is 0 Å². The average Bonchev–Trinajstić information content (AvgIpc) is 2.09. The average molecular weight is 185 g/mol. The Labute approximate surface area is 72.4 Å². The van der Waals surface area contributed by atoms with Crippen LogP contribution in [-0.2, 0) is 4.57 Å². The van der Waals surface area contributed by atoms with Crippen LogP contribution in [0.15, 0.2) is 24.3 Å². The molecule has 4 heteroatoms. The molecule has 0 fully saturated rings. The van der Waals surface area contributed by atoms with Crippen molar-refractivity contribution in [3.05, 3.63) is 24.3 Å². The van der Waals surface area contributed by atoms with Crippen molar-refractivity contribution in [2.75, 3.05) is 11.9 Å². The zero-order chi connectivity index (χ0) is 8.97. The molecule has 1 rings (SSSR count). The first-order valence-electron chi connectivity index (χ1n) is 3.79. The smallest absolute Gasteiger partial charge is 0.236 e.